The molecule has 0 saturated carbocycles. The van der Waals surface area contributed by atoms with E-state index >= 15 is 0 Å². The fraction of sp³-hybridized carbons (Fsp3) is 0. The fourth-order valence-corrected chi connectivity index (χ4v) is 0.618. The Balaban J connectivity index is 0.000001000. The molecule has 1 N–H and O–H groups in total. The summed E-state index contributed by atoms with van der Waals surface area (Å²) < 4.78 is 0. The molecule has 1 aromatic carbocycles. The van der Waals surface area contributed by atoms with Crippen molar-refractivity contribution in [1.29, 1.82) is 0 Å². The maximum atomic E-state index is 9.86. The zero-order chi connectivity index (χ0) is 7.40. The summed E-state index contributed by atoms with van der Waals surface area (Å²) in [5.74, 6) is 0. The molecule has 0 spiro atoms. The summed E-state index contributed by atoms with van der Waals surface area (Å²) in [6.07, 6.45) is 0. The average Bonchev–Trinajstić information content (AvgIpc) is 1.88. The number of nitro groups is 1. The van der Waals surface area contributed by atoms with E-state index in [1.54, 1.807) is 30.3 Å². The molecule has 0 bridgehead atoms. The highest BCUT2D eigenvalue weighted by atomic mass is 31.0. The van der Waals surface area contributed by atoms with Crippen LogP contribution in [0.15, 0.2) is 30.3 Å². The van der Waals surface area contributed by atoms with Gasteiger partial charge in [0.2, 0.25) is 0 Å². The van der Waals surface area contributed by atoms with E-state index in [-0.39, 0.29) is 9.90 Å². The molecule has 11 heavy (non-hydrogen) atoms. The Morgan fingerprint density at radius 1 is 1.27 bits per heavy atom. The number of hydrogen-bond acceptors (Lipinski definition) is 2. The van der Waals surface area contributed by atoms with Crippen LogP contribution in [-0.4, -0.2) is 5.03 Å². The number of nitrogens with zero attached hydrogens (tertiary/aromatic N) is 1. The van der Waals surface area contributed by atoms with Gasteiger partial charge in [-0.3, -0.25) is 0 Å². The van der Waals surface area contributed by atoms with Gasteiger partial charge in [0.1, 0.15) is 5.69 Å². The standard InChI is InChI=1S/C6H6N2O2.H3P/c9-8(10)7-6-4-2-1-3-5-6;/h1-5,7H;1H3. The maximum absolute atomic E-state index is 9.86. The first-order valence-corrected chi connectivity index (χ1v) is 2.75. The number of rotatable bonds is 2. The van der Waals surface area contributed by atoms with E-state index in [1.165, 1.54) is 0 Å². The van der Waals surface area contributed by atoms with Crippen molar-refractivity contribution in [3.8, 4) is 0 Å². The predicted molar refractivity (Wildman–Crippen MR) is 48.2 cm³/mol. The highest BCUT2D eigenvalue weighted by Crippen LogP contribution is 2.03. The van der Waals surface area contributed by atoms with Gasteiger partial charge in [-0.1, -0.05) is 18.2 Å². The molecular formula is C6H9N2O2P. The fourth-order valence-electron chi connectivity index (χ4n) is 0.618. The van der Waals surface area contributed by atoms with Crippen molar-refractivity contribution in [3.63, 3.8) is 0 Å². The number of benzene rings is 1. The molecule has 0 radical (unpaired) electrons. The summed E-state index contributed by atoms with van der Waals surface area (Å²) in [6.45, 7) is 0. The molecule has 0 saturated heterocycles. The van der Waals surface area contributed by atoms with E-state index in [2.05, 4.69) is 0 Å². The van der Waals surface area contributed by atoms with Crippen LogP contribution < -0.4 is 5.43 Å². The third-order valence-electron chi connectivity index (χ3n) is 0.994. The molecule has 0 aliphatic rings. The molecule has 0 aromatic heterocycles. The number of hydrogen-bond donors (Lipinski definition) is 1. The number of hydrazine groups is 1. The Kier molecular flexibility index (Phi) is 4.15. The van der Waals surface area contributed by atoms with E-state index < -0.39 is 5.03 Å². The Morgan fingerprint density at radius 3 is 2.27 bits per heavy atom. The van der Waals surface area contributed by atoms with Gasteiger partial charge in [0.25, 0.3) is 0 Å². The lowest BCUT2D eigenvalue weighted by Gasteiger charge is -1.93. The first kappa shape index (κ1) is 9.85. The van der Waals surface area contributed by atoms with Gasteiger partial charge in [0, 0.05) is 0 Å². The predicted octanol–water partition coefficient (Wildman–Crippen LogP) is 1.35. The third kappa shape index (κ3) is 3.53. The largest absolute Gasteiger partial charge is 0.235 e. The summed E-state index contributed by atoms with van der Waals surface area (Å²) in [7, 11) is 0. The Morgan fingerprint density at radius 2 is 1.82 bits per heavy atom. The van der Waals surface area contributed by atoms with Crippen molar-refractivity contribution in [2.75, 3.05) is 5.43 Å². The second kappa shape index (κ2) is 4.63. The Bertz CT molecular complexity index is 227. The Labute approximate surface area is 67.4 Å². The van der Waals surface area contributed by atoms with Crippen LogP contribution in [0.3, 0.4) is 0 Å². The van der Waals surface area contributed by atoms with Crippen LogP contribution in [0.4, 0.5) is 5.69 Å². The van der Waals surface area contributed by atoms with Gasteiger partial charge in [-0.2, -0.15) is 9.90 Å². The summed E-state index contributed by atoms with van der Waals surface area (Å²) in [4.78, 5) is 9.86. The Hall–Kier alpha value is -1.15. The first-order chi connectivity index (χ1) is 4.79. The molecule has 1 atom stereocenters. The second-order valence-electron chi connectivity index (χ2n) is 1.73. The molecule has 1 rings (SSSR count). The zero-order valence-corrected chi connectivity index (χ0v) is 7.27. The molecule has 0 amide bonds. The number of anilines is 1. The van der Waals surface area contributed by atoms with Crippen LogP contribution in [0.25, 0.3) is 0 Å². The number of nitrogens with one attached hydrogen (secondary N) is 1. The summed E-state index contributed by atoms with van der Waals surface area (Å²) in [5.41, 5.74) is 2.52. The lowest BCUT2D eigenvalue weighted by molar-refractivity contribution is -0.445. The van der Waals surface area contributed by atoms with Crippen molar-refractivity contribution in [3.05, 3.63) is 40.4 Å². The smallest absolute Gasteiger partial charge is 0.162 e. The quantitative estimate of drug-likeness (QED) is 0.416. The normalized spacial score (nSPS) is 8.00. The first-order valence-electron chi connectivity index (χ1n) is 2.75. The molecule has 0 aliphatic heterocycles. The second-order valence-corrected chi connectivity index (χ2v) is 1.73. The highest BCUT2D eigenvalue weighted by molar-refractivity contribution is 6.92. The number of para-hydroxylation sites is 1. The van der Waals surface area contributed by atoms with Crippen LogP contribution in [0, 0.1) is 10.1 Å². The minimum Gasteiger partial charge on any atom is -0.235 e. The lowest BCUT2D eigenvalue weighted by Crippen LogP contribution is -2.06. The molecule has 1 aromatic rings. The van der Waals surface area contributed by atoms with Crippen LogP contribution >= 0.6 is 9.90 Å². The van der Waals surface area contributed by atoms with Crippen LogP contribution in [0.1, 0.15) is 0 Å². The minimum absolute atomic E-state index is 0. The monoisotopic (exact) mass is 172 g/mol. The highest BCUT2D eigenvalue weighted by Gasteiger charge is 1.93. The summed E-state index contributed by atoms with van der Waals surface area (Å²) in [5, 5.41) is 9.28. The van der Waals surface area contributed by atoms with E-state index in [4.69, 9.17) is 0 Å². The molecule has 0 heterocycles. The molecule has 1 unspecified atom stereocenters. The van der Waals surface area contributed by atoms with E-state index in [0.717, 1.165) is 0 Å². The molecule has 60 valence electrons. The lowest BCUT2D eigenvalue weighted by atomic mass is 10.3. The van der Waals surface area contributed by atoms with E-state index in [9.17, 15) is 10.1 Å². The molecule has 5 heteroatoms. The van der Waals surface area contributed by atoms with Gasteiger partial charge < -0.3 is 0 Å². The van der Waals surface area contributed by atoms with Gasteiger partial charge in [0.15, 0.2) is 5.03 Å². The zero-order valence-electron chi connectivity index (χ0n) is 5.86. The van der Waals surface area contributed by atoms with Crippen molar-refractivity contribution in [2.45, 2.75) is 0 Å². The van der Waals surface area contributed by atoms with Gasteiger partial charge in [-0.05, 0) is 12.1 Å². The average molecular weight is 172 g/mol. The molecule has 4 nitrogen and oxygen atoms in total. The molecule has 0 fully saturated rings. The summed E-state index contributed by atoms with van der Waals surface area (Å²) >= 11 is 0. The van der Waals surface area contributed by atoms with Gasteiger partial charge in [-0.25, -0.2) is 10.1 Å². The van der Waals surface area contributed by atoms with Gasteiger partial charge in [0.05, 0.1) is 0 Å². The van der Waals surface area contributed by atoms with Crippen molar-refractivity contribution in [1.82, 2.24) is 0 Å². The van der Waals surface area contributed by atoms with Crippen LogP contribution in [0.2, 0.25) is 0 Å². The summed E-state index contributed by atoms with van der Waals surface area (Å²) in [6, 6.07) is 8.51. The van der Waals surface area contributed by atoms with Gasteiger partial charge >= 0.3 is 0 Å². The topological polar surface area (TPSA) is 55.2 Å². The molecular weight excluding hydrogens is 163 g/mol. The van der Waals surface area contributed by atoms with E-state index in [1.807, 2.05) is 5.43 Å². The van der Waals surface area contributed by atoms with Crippen LogP contribution in [-0.2, 0) is 0 Å². The minimum atomic E-state index is -0.588. The van der Waals surface area contributed by atoms with Crippen molar-refractivity contribution < 1.29 is 5.03 Å². The van der Waals surface area contributed by atoms with Crippen molar-refractivity contribution in [2.24, 2.45) is 0 Å². The van der Waals surface area contributed by atoms with Gasteiger partial charge in [-0.15, -0.1) is 5.43 Å². The SMILES string of the molecule is O=[N+]([O-])Nc1ccccc1.P. The van der Waals surface area contributed by atoms with Crippen molar-refractivity contribution >= 4 is 15.6 Å². The maximum Gasteiger partial charge on any atom is 0.162 e. The molecule has 0 aliphatic carbocycles. The third-order valence-corrected chi connectivity index (χ3v) is 0.994. The van der Waals surface area contributed by atoms with E-state index in [0.29, 0.717) is 5.69 Å². The van der Waals surface area contributed by atoms with Crippen LogP contribution in [0.5, 0.6) is 0 Å².